The minimum atomic E-state index is -0.341. The second-order valence-electron chi connectivity index (χ2n) is 5.54. The van der Waals surface area contributed by atoms with Gasteiger partial charge in [0.1, 0.15) is 12.3 Å². The van der Waals surface area contributed by atoms with Crippen LogP contribution in [0.5, 0.6) is 0 Å². The fraction of sp³-hybridized carbons (Fsp3) is 0.333. The van der Waals surface area contributed by atoms with E-state index in [0.29, 0.717) is 18.7 Å². The minimum Gasteiger partial charge on any atom is -0.456 e. The molecule has 5 nitrogen and oxygen atoms in total. The van der Waals surface area contributed by atoms with Gasteiger partial charge in [0.2, 0.25) is 5.91 Å². The zero-order chi connectivity index (χ0) is 16.8. The second kappa shape index (κ2) is 7.63. The van der Waals surface area contributed by atoms with E-state index in [1.165, 1.54) is 0 Å². The largest absolute Gasteiger partial charge is 0.456 e. The lowest BCUT2D eigenvalue weighted by atomic mass is 10.1. The third-order valence-corrected chi connectivity index (χ3v) is 3.48. The van der Waals surface area contributed by atoms with Crippen molar-refractivity contribution in [3.63, 3.8) is 0 Å². The lowest BCUT2D eigenvalue weighted by Gasteiger charge is -2.07. The molecule has 1 N–H and O–H groups in total. The highest BCUT2D eigenvalue weighted by atomic mass is 16.5. The monoisotopic (exact) mass is 314 g/mol. The molecule has 0 unspecified atom stereocenters. The molecule has 23 heavy (non-hydrogen) atoms. The van der Waals surface area contributed by atoms with Crippen molar-refractivity contribution in [1.82, 2.24) is 9.88 Å². The molecule has 0 saturated heterocycles. The van der Waals surface area contributed by atoms with Gasteiger partial charge < -0.3 is 14.6 Å². The SMILES string of the molecule is CCNC(=O)Cc1ccc(COC(=O)c2cc(C)cn2C)cc1. The van der Waals surface area contributed by atoms with Gasteiger partial charge in [0.15, 0.2) is 0 Å². The molecule has 0 saturated carbocycles. The summed E-state index contributed by atoms with van der Waals surface area (Å²) in [4.78, 5) is 23.6. The number of carbonyl (C=O) groups excluding carboxylic acids is 2. The Morgan fingerprint density at radius 1 is 1.17 bits per heavy atom. The number of rotatable bonds is 6. The standard InChI is InChI=1S/C18H22N2O3/c1-4-19-17(21)10-14-5-7-15(8-6-14)12-23-18(22)16-9-13(2)11-20(16)3/h5-9,11H,4,10,12H2,1-3H3,(H,19,21). The van der Waals surface area contributed by atoms with Crippen LogP contribution in [0.1, 0.15) is 34.1 Å². The minimum absolute atomic E-state index is 0.00533. The van der Waals surface area contributed by atoms with Gasteiger partial charge >= 0.3 is 5.97 Å². The van der Waals surface area contributed by atoms with Crippen LogP contribution in [-0.4, -0.2) is 23.0 Å². The fourth-order valence-corrected chi connectivity index (χ4v) is 2.35. The Morgan fingerprint density at radius 2 is 1.83 bits per heavy atom. The number of aromatic nitrogens is 1. The molecule has 0 fully saturated rings. The first kappa shape index (κ1) is 16.8. The average molecular weight is 314 g/mol. The molecule has 0 spiro atoms. The normalized spacial score (nSPS) is 10.4. The van der Waals surface area contributed by atoms with E-state index in [4.69, 9.17) is 4.74 Å². The van der Waals surface area contributed by atoms with Gasteiger partial charge in [0.05, 0.1) is 6.42 Å². The van der Waals surface area contributed by atoms with E-state index < -0.39 is 0 Å². The highest BCUT2D eigenvalue weighted by molar-refractivity contribution is 5.88. The van der Waals surface area contributed by atoms with Crippen molar-refractivity contribution in [1.29, 1.82) is 0 Å². The van der Waals surface area contributed by atoms with E-state index in [9.17, 15) is 9.59 Å². The maximum atomic E-state index is 12.0. The summed E-state index contributed by atoms with van der Waals surface area (Å²) >= 11 is 0. The van der Waals surface area contributed by atoms with Crippen molar-refractivity contribution in [2.75, 3.05) is 6.54 Å². The first-order valence-electron chi connectivity index (χ1n) is 7.64. The van der Waals surface area contributed by atoms with Crippen LogP contribution in [0.4, 0.5) is 0 Å². The van der Waals surface area contributed by atoms with Gasteiger partial charge in [-0.1, -0.05) is 24.3 Å². The molecule has 2 aromatic rings. The molecule has 122 valence electrons. The Kier molecular flexibility index (Phi) is 5.57. The number of likely N-dealkylation sites (N-methyl/N-ethyl adjacent to an activating group) is 1. The number of ether oxygens (including phenoxy) is 1. The lowest BCUT2D eigenvalue weighted by Crippen LogP contribution is -2.24. The van der Waals surface area contributed by atoms with Gasteiger partial charge in [-0.3, -0.25) is 4.79 Å². The number of hydrogen-bond acceptors (Lipinski definition) is 3. The van der Waals surface area contributed by atoms with Crippen LogP contribution in [0.15, 0.2) is 36.5 Å². The highest BCUT2D eigenvalue weighted by Crippen LogP contribution is 2.11. The Balaban J connectivity index is 1.90. The number of aryl methyl sites for hydroxylation is 2. The molecule has 1 aromatic carbocycles. The number of carbonyl (C=O) groups is 2. The third kappa shape index (κ3) is 4.71. The summed E-state index contributed by atoms with van der Waals surface area (Å²) in [5.74, 6) is -0.335. The van der Waals surface area contributed by atoms with Crippen molar-refractivity contribution >= 4 is 11.9 Å². The molecule has 0 aliphatic rings. The van der Waals surface area contributed by atoms with Crippen molar-refractivity contribution in [3.8, 4) is 0 Å². The number of benzene rings is 1. The lowest BCUT2D eigenvalue weighted by molar-refractivity contribution is -0.120. The van der Waals surface area contributed by atoms with Crippen LogP contribution in [0.2, 0.25) is 0 Å². The molecule has 0 bridgehead atoms. The van der Waals surface area contributed by atoms with Crippen molar-refractivity contribution in [2.24, 2.45) is 7.05 Å². The number of hydrogen-bond donors (Lipinski definition) is 1. The summed E-state index contributed by atoms with van der Waals surface area (Å²) in [7, 11) is 1.82. The van der Waals surface area contributed by atoms with Crippen LogP contribution in [0, 0.1) is 6.92 Å². The van der Waals surface area contributed by atoms with E-state index in [1.54, 1.807) is 10.6 Å². The molecule has 2 rings (SSSR count). The van der Waals surface area contributed by atoms with Gasteiger partial charge in [-0.05, 0) is 36.6 Å². The predicted molar refractivity (Wildman–Crippen MR) is 88.1 cm³/mol. The first-order chi connectivity index (χ1) is 11.0. The second-order valence-corrected chi connectivity index (χ2v) is 5.54. The van der Waals surface area contributed by atoms with E-state index >= 15 is 0 Å². The van der Waals surface area contributed by atoms with Crippen LogP contribution in [0.3, 0.4) is 0 Å². The Bertz CT molecular complexity index is 687. The Labute approximate surface area is 136 Å². The highest BCUT2D eigenvalue weighted by Gasteiger charge is 2.12. The van der Waals surface area contributed by atoms with Crippen LogP contribution < -0.4 is 5.32 Å². The van der Waals surface area contributed by atoms with Crippen LogP contribution in [0.25, 0.3) is 0 Å². The molecular weight excluding hydrogens is 292 g/mol. The molecule has 0 atom stereocenters. The Hall–Kier alpha value is -2.56. The Morgan fingerprint density at radius 3 is 2.39 bits per heavy atom. The molecule has 0 aliphatic carbocycles. The van der Waals surface area contributed by atoms with Crippen molar-refractivity contribution in [2.45, 2.75) is 26.9 Å². The number of nitrogens with zero attached hydrogens (tertiary/aromatic N) is 1. The summed E-state index contributed by atoms with van der Waals surface area (Å²) in [6.45, 7) is 4.67. The molecule has 0 radical (unpaired) electrons. The maximum absolute atomic E-state index is 12.0. The summed E-state index contributed by atoms with van der Waals surface area (Å²) in [6, 6.07) is 9.31. The smallest absolute Gasteiger partial charge is 0.355 e. The third-order valence-electron chi connectivity index (χ3n) is 3.48. The van der Waals surface area contributed by atoms with Gasteiger partial charge in [0, 0.05) is 19.8 Å². The average Bonchev–Trinajstić information content (AvgIpc) is 2.85. The van der Waals surface area contributed by atoms with Gasteiger partial charge in [0.25, 0.3) is 0 Å². The summed E-state index contributed by atoms with van der Waals surface area (Å²) in [5.41, 5.74) is 3.39. The number of amides is 1. The van der Waals surface area contributed by atoms with Crippen LogP contribution >= 0.6 is 0 Å². The topological polar surface area (TPSA) is 60.3 Å². The number of nitrogens with one attached hydrogen (secondary N) is 1. The first-order valence-corrected chi connectivity index (χ1v) is 7.64. The quantitative estimate of drug-likeness (QED) is 0.833. The molecule has 0 aliphatic heterocycles. The van der Waals surface area contributed by atoms with Crippen molar-refractivity contribution < 1.29 is 14.3 Å². The van der Waals surface area contributed by atoms with Gasteiger partial charge in [-0.2, -0.15) is 0 Å². The molecule has 1 amide bonds. The zero-order valence-electron chi connectivity index (χ0n) is 13.8. The van der Waals surface area contributed by atoms with E-state index in [-0.39, 0.29) is 18.5 Å². The van der Waals surface area contributed by atoms with Gasteiger partial charge in [-0.15, -0.1) is 0 Å². The summed E-state index contributed by atoms with van der Waals surface area (Å²) < 4.78 is 7.09. The van der Waals surface area contributed by atoms with E-state index in [1.807, 2.05) is 51.4 Å². The summed E-state index contributed by atoms with van der Waals surface area (Å²) in [6.07, 6.45) is 2.24. The molecule has 1 heterocycles. The van der Waals surface area contributed by atoms with Crippen molar-refractivity contribution in [3.05, 3.63) is 58.9 Å². The maximum Gasteiger partial charge on any atom is 0.355 e. The number of esters is 1. The predicted octanol–water partition coefficient (Wildman–Crippen LogP) is 2.37. The molecular formula is C18H22N2O3. The molecule has 1 aromatic heterocycles. The van der Waals surface area contributed by atoms with E-state index in [0.717, 1.165) is 16.7 Å². The fourth-order valence-electron chi connectivity index (χ4n) is 2.35. The summed E-state index contributed by atoms with van der Waals surface area (Å²) in [5, 5.41) is 2.76. The van der Waals surface area contributed by atoms with Crippen LogP contribution in [-0.2, 0) is 29.6 Å². The zero-order valence-corrected chi connectivity index (χ0v) is 13.8. The van der Waals surface area contributed by atoms with Gasteiger partial charge in [-0.25, -0.2) is 4.79 Å². The molecule has 5 heteroatoms. The van der Waals surface area contributed by atoms with E-state index in [2.05, 4.69) is 5.32 Å².